The minimum Gasteiger partial charge on any atom is -0.508 e. The molecule has 2 aliphatic heterocycles. The molecule has 0 spiro atoms. The highest BCUT2D eigenvalue weighted by Gasteiger charge is 2.51. The zero-order valence-corrected chi connectivity index (χ0v) is 22.3. The third-order valence-corrected chi connectivity index (χ3v) is 7.31. The number of hydrogen-bond donors (Lipinski definition) is 10. The number of fused-ring (bicyclic) bond motifs is 1. The van der Waals surface area contributed by atoms with Crippen molar-refractivity contribution < 1.29 is 74.4 Å². The molecule has 10 atom stereocenters. The molecule has 10 N–H and O–H groups in total. The predicted molar refractivity (Wildman–Crippen MR) is 140 cm³/mol. The van der Waals surface area contributed by atoms with Crippen LogP contribution in [-0.4, -0.2) is 119 Å². The third kappa shape index (κ3) is 5.55. The summed E-state index contributed by atoms with van der Waals surface area (Å²) in [4.78, 5) is 13.6. The zero-order chi connectivity index (χ0) is 31.3. The monoisotopic (exact) mass is 610 g/mol. The molecule has 2 fully saturated rings. The Morgan fingerprint density at radius 2 is 1.49 bits per heavy atom. The molecule has 16 heteroatoms. The van der Waals surface area contributed by atoms with Gasteiger partial charge in [-0.25, -0.2) is 0 Å². The number of rotatable bonds is 6. The molecule has 5 rings (SSSR count). The molecule has 3 aromatic rings. The van der Waals surface area contributed by atoms with Gasteiger partial charge in [0, 0.05) is 17.7 Å². The van der Waals surface area contributed by atoms with E-state index in [0.717, 1.165) is 24.3 Å². The SMILES string of the molecule is C[C@H]1O[C@@H](O[C@@H]2[C@H](O)[C@@H](O)[C@H](Oc3c(-c4ccc(O)c(O)c4)oc4cc(O)cc(O)c4c3=O)O[C@@H]2CO)[C@H](O)[C@H](O)[C@H]1O. The normalized spacial score (nSPS) is 33.0. The standard InChI is InChI=1S/C27H30O16/c1-8-17(33)19(35)21(37)26(39-8)42-24-15(7-28)41-27(22(38)20(24)36)43-25-18(34)16-13(32)5-10(29)6-14(16)40-23(25)9-2-3-11(30)12(31)4-9/h2-6,8,15,17,19-22,24,26-33,35-38H,7H2,1H3/t8-,15-,17+,19-,20-,21-,22-,24+,26+,27+/m1/s1. The smallest absolute Gasteiger partial charge is 0.239 e. The van der Waals surface area contributed by atoms with Crippen LogP contribution in [0.1, 0.15) is 6.92 Å². The van der Waals surface area contributed by atoms with Gasteiger partial charge in [-0.05, 0) is 25.1 Å². The lowest BCUT2D eigenvalue weighted by molar-refractivity contribution is -0.349. The van der Waals surface area contributed by atoms with Crippen LogP contribution in [0.15, 0.2) is 39.5 Å². The minimum atomic E-state index is -1.99. The number of phenols is 4. The largest absolute Gasteiger partial charge is 0.508 e. The first kappa shape index (κ1) is 30.7. The quantitative estimate of drug-likeness (QED) is 0.140. The molecule has 0 bridgehead atoms. The second-order valence-corrected chi connectivity index (χ2v) is 10.2. The Hall–Kier alpha value is -3.71. The fraction of sp³-hybridized carbons (Fsp3) is 0.444. The van der Waals surface area contributed by atoms with Crippen LogP contribution in [0.2, 0.25) is 0 Å². The summed E-state index contributed by atoms with van der Waals surface area (Å²) in [5, 5.41) is 102. The first-order chi connectivity index (χ1) is 20.3. The van der Waals surface area contributed by atoms with Gasteiger partial charge in [0.05, 0.1) is 12.7 Å². The zero-order valence-electron chi connectivity index (χ0n) is 22.3. The van der Waals surface area contributed by atoms with Crippen molar-refractivity contribution in [2.75, 3.05) is 6.61 Å². The molecule has 43 heavy (non-hydrogen) atoms. The van der Waals surface area contributed by atoms with E-state index in [1.807, 2.05) is 0 Å². The van der Waals surface area contributed by atoms with Crippen molar-refractivity contribution in [2.24, 2.45) is 0 Å². The predicted octanol–water partition coefficient (Wildman–Crippen LogP) is -1.69. The molecule has 16 nitrogen and oxygen atoms in total. The lowest BCUT2D eigenvalue weighted by Crippen LogP contribution is -2.64. The van der Waals surface area contributed by atoms with Crippen LogP contribution >= 0.6 is 0 Å². The van der Waals surface area contributed by atoms with Crippen molar-refractivity contribution in [1.82, 2.24) is 0 Å². The summed E-state index contributed by atoms with van der Waals surface area (Å²) in [6.45, 7) is 0.550. The first-order valence-electron chi connectivity index (χ1n) is 13.0. The fourth-order valence-corrected chi connectivity index (χ4v) is 4.94. The van der Waals surface area contributed by atoms with Crippen LogP contribution in [0.4, 0.5) is 0 Å². The van der Waals surface area contributed by atoms with Gasteiger partial charge < -0.3 is 74.4 Å². The number of aliphatic hydroxyl groups excluding tert-OH is 6. The van der Waals surface area contributed by atoms with Gasteiger partial charge in [0.1, 0.15) is 65.2 Å². The van der Waals surface area contributed by atoms with E-state index >= 15 is 0 Å². The lowest BCUT2D eigenvalue weighted by atomic mass is 9.97. The van der Waals surface area contributed by atoms with Crippen LogP contribution in [-0.2, 0) is 14.2 Å². The van der Waals surface area contributed by atoms with Crippen molar-refractivity contribution in [3.8, 4) is 40.1 Å². The van der Waals surface area contributed by atoms with Gasteiger partial charge in [-0.3, -0.25) is 4.79 Å². The number of aromatic hydroxyl groups is 4. The van der Waals surface area contributed by atoms with E-state index < -0.39 is 113 Å². The van der Waals surface area contributed by atoms with Crippen LogP contribution in [0.3, 0.4) is 0 Å². The van der Waals surface area contributed by atoms with Crippen LogP contribution in [0.5, 0.6) is 28.7 Å². The van der Waals surface area contributed by atoms with E-state index in [0.29, 0.717) is 0 Å². The molecular weight excluding hydrogens is 580 g/mol. The fourth-order valence-electron chi connectivity index (χ4n) is 4.94. The maximum absolute atomic E-state index is 13.6. The van der Waals surface area contributed by atoms with Gasteiger partial charge in [0.15, 0.2) is 23.5 Å². The Balaban J connectivity index is 1.50. The first-order valence-corrected chi connectivity index (χ1v) is 13.0. The number of ether oxygens (including phenoxy) is 4. The summed E-state index contributed by atoms with van der Waals surface area (Å²) >= 11 is 0. The van der Waals surface area contributed by atoms with Crippen molar-refractivity contribution in [3.05, 3.63) is 40.6 Å². The minimum absolute atomic E-state index is 0.0313. The van der Waals surface area contributed by atoms with Gasteiger partial charge in [-0.1, -0.05) is 0 Å². The van der Waals surface area contributed by atoms with Gasteiger partial charge >= 0.3 is 0 Å². The summed E-state index contributed by atoms with van der Waals surface area (Å²) in [5.41, 5.74) is -1.35. The van der Waals surface area contributed by atoms with E-state index in [2.05, 4.69) is 0 Å². The molecule has 2 aromatic carbocycles. The Labute approximate surface area is 241 Å². The second kappa shape index (κ2) is 11.8. The van der Waals surface area contributed by atoms with Crippen molar-refractivity contribution in [3.63, 3.8) is 0 Å². The molecule has 234 valence electrons. The van der Waals surface area contributed by atoms with E-state index in [1.54, 1.807) is 0 Å². The molecule has 0 saturated carbocycles. The Morgan fingerprint density at radius 1 is 0.791 bits per heavy atom. The molecule has 3 heterocycles. The van der Waals surface area contributed by atoms with Crippen LogP contribution in [0, 0.1) is 0 Å². The van der Waals surface area contributed by atoms with Gasteiger partial charge in [-0.15, -0.1) is 0 Å². The second-order valence-electron chi connectivity index (χ2n) is 10.2. The Bertz CT molecular complexity index is 1540. The van der Waals surface area contributed by atoms with Crippen molar-refractivity contribution >= 4 is 11.0 Å². The van der Waals surface area contributed by atoms with E-state index in [1.165, 1.54) is 13.0 Å². The van der Waals surface area contributed by atoms with Gasteiger partial charge in [0.25, 0.3) is 0 Å². The molecule has 2 aliphatic rings. The van der Waals surface area contributed by atoms with Gasteiger partial charge in [0.2, 0.25) is 17.5 Å². The Kier molecular flexibility index (Phi) is 8.41. The summed E-state index contributed by atoms with van der Waals surface area (Å²) in [5.74, 6) is -3.33. The molecule has 0 amide bonds. The number of phenolic OH excluding ortho intramolecular Hbond substituents is 4. The molecule has 0 unspecified atom stereocenters. The van der Waals surface area contributed by atoms with Crippen molar-refractivity contribution in [1.29, 1.82) is 0 Å². The summed E-state index contributed by atoms with van der Waals surface area (Å²) < 4.78 is 28.0. The molecule has 0 aliphatic carbocycles. The number of benzene rings is 2. The maximum atomic E-state index is 13.6. The van der Waals surface area contributed by atoms with Gasteiger partial charge in [-0.2, -0.15) is 0 Å². The molecule has 1 aromatic heterocycles. The van der Waals surface area contributed by atoms with Crippen LogP contribution < -0.4 is 10.2 Å². The average Bonchev–Trinajstić information content (AvgIpc) is 2.96. The summed E-state index contributed by atoms with van der Waals surface area (Å²) in [6.07, 6.45) is -16.4. The third-order valence-electron chi connectivity index (χ3n) is 7.31. The van der Waals surface area contributed by atoms with Crippen LogP contribution in [0.25, 0.3) is 22.3 Å². The van der Waals surface area contributed by atoms with E-state index in [-0.39, 0.29) is 11.1 Å². The average molecular weight is 611 g/mol. The molecule has 2 saturated heterocycles. The number of aliphatic hydroxyl groups is 6. The molecule has 0 radical (unpaired) electrons. The maximum Gasteiger partial charge on any atom is 0.239 e. The van der Waals surface area contributed by atoms with Crippen molar-refractivity contribution in [2.45, 2.75) is 68.3 Å². The molecular formula is C27H30O16. The highest BCUT2D eigenvalue weighted by atomic mass is 16.7. The summed E-state index contributed by atoms with van der Waals surface area (Å²) in [6, 6.07) is 5.24. The van der Waals surface area contributed by atoms with E-state index in [4.69, 9.17) is 23.4 Å². The summed E-state index contributed by atoms with van der Waals surface area (Å²) in [7, 11) is 0. The van der Waals surface area contributed by atoms with E-state index in [9.17, 15) is 55.9 Å². The number of hydrogen-bond acceptors (Lipinski definition) is 16. The highest BCUT2D eigenvalue weighted by molar-refractivity contribution is 5.88. The topological polar surface area (TPSA) is 269 Å². The lowest BCUT2D eigenvalue weighted by Gasteiger charge is -2.45. The Morgan fingerprint density at radius 3 is 2.16 bits per heavy atom. The highest BCUT2D eigenvalue weighted by Crippen LogP contribution is 2.39.